The number of hydrogen-bond donors (Lipinski definition) is 1. The van der Waals surface area contributed by atoms with Gasteiger partial charge in [0, 0.05) is 27.5 Å². The summed E-state index contributed by atoms with van der Waals surface area (Å²) in [6, 6.07) is 13.9. The van der Waals surface area contributed by atoms with Crippen molar-refractivity contribution in [2.45, 2.75) is 12.2 Å². The van der Waals surface area contributed by atoms with Crippen molar-refractivity contribution < 1.29 is 9.72 Å². The fourth-order valence-corrected chi connectivity index (χ4v) is 3.16. The SMILES string of the molecule is C[C@@H](SCC(=O)Nc1cccc(Br)c1)c1cccc([N+](=O)[O-])c1. The first-order chi connectivity index (χ1) is 11.0. The number of thioether (sulfide) groups is 1. The van der Waals surface area contributed by atoms with Gasteiger partial charge in [0.15, 0.2) is 0 Å². The molecule has 0 aliphatic carbocycles. The summed E-state index contributed by atoms with van der Waals surface area (Å²) in [5.41, 5.74) is 1.63. The third kappa shape index (κ3) is 5.37. The van der Waals surface area contributed by atoms with Crippen LogP contribution in [0.15, 0.2) is 53.0 Å². The first-order valence-corrected chi connectivity index (χ1v) is 8.71. The summed E-state index contributed by atoms with van der Waals surface area (Å²) < 4.78 is 0.896. The molecule has 1 amide bonds. The molecule has 23 heavy (non-hydrogen) atoms. The molecule has 0 fully saturated rings. The van der Waals surface area contributed by atoms with Gasteiger partial charge in [-0.15, -0.1) is 11.8 Å². The van der Waals surface area contributed by atoms with Crippen LogP contribution in [0.2, 0.25) is 0 Å². The fourth-order valence-electron chi connectivity index (χ4n) is 1.95. The molecule has 0 saturated carbocycles. The first-order valence-electron chi connectivity index (χ1n) is 6.87. The maximum absolute atomic E-state index is 12.0. The Balaban J connectivity index is 1.91. The molecule has 1 atom stereocenters. The first kappa shape index (κ1) is 17.5. The predicted octanol–water partition coefficient (Wildman–Crippen LogP) is 4.79. The highest BCUT2D eigenvalue weighted by Crippen LogP contribution is 2.30. The summed E-state index contributed by atoms with van der Waals surface area (Å²) in [6.07, 6.45) is 0. The summed E-state index contributed by atoms with van der Waals surface area (Å²) >= 11 is 4.79. The number of nitrogens with one attached hydrogen (secondary N) is 1. The maximum Gasteiger partial charge on any atom is 0.269 e. The van der Waals surface area contributed by atoms with E-state index >= 15 is 0 Å². The Bertz CT molecular complexity index is 724. The Kier molecular flexibility index (Phi) is 6.18. The van der Waals surface area contributed by atoms with Crippen molar-refractivity contribution in [3.63, 3.8) is 0 Å². The minimum absolute atomic E-state index is 0.0110. The quantitative estimate of drug-likeness (QED) is 0.564. The average molecular weight is 395 g/mol. The molecule has 0 aliphatic rings. The molecule has 2 rings (SSSR count). The molecule has 5 nitrogen and oxygen atoms in total. The molecule has 1 N–H and O–H groups in total. The number of anilines is 1. The molecule has 0 radical (unpaired) electrons. The lowest BCUT2D eigenvalue weighted by atomic mass is 10.1. The van der Waals surface area contributed by atoms with Gasteiger partial charge < -0.3 is 5.32 Å². The standard InChI is InChI=1S/C16H15BrN2O3S/c1-11(12-4-2-7-15(8-12)19(21)22)23-10-16(20)18-14-6-3-5-13(17)9-14/h2-9,11H,10H2,1H3,(H,18,20)/t11-/m1/s1. The van der Waals surface area contributed by atoms with E-state index in [0.717, 1.165) is 15.7 Å². The molecule has 0 heterocycles. The van der Waals surface area contributed by atoms with E-state index in [-0.39, 0.29) is 22.6 Å². The Labute approximate surface area is 146 Å². The second-order valence-electron chi connectivity index (χ2n) is 4.86. The van der Waals surface area contributed by atoms with E-state index in [2.05, 4.69) is 21.2 Å². The monoisotopic (exact) mass is 394 g/mol. The zero-order valence-electron chi connectivity index (χ0n) is 12.4. The smallest absolute Gasteiger partial charge is 0.269 e. The minimum atomic E-state index is -0.416. The van der Waals surface area contributed by atoms with Gasteiger partial charge in [0.1, 0.15) is 0 Å². The Hall–Kier alpha value is -1.86. The molecule has 0 unspecified atom stereocenters. The lowest BCUT2D eigenvalue weighted by Gasteiger charge is -2.11. The van der Waals surface area contributed by atoms with E-state index < -0.39 is 4.92 Å². The van der Waals surface area contributed by atoms with E-state index in [0.29, 0.717) is 0 Å². The molecule has 0 spiro atoms. The largest absolute Gasteiger partial charge is 0.325 e. The summed E-state index contributed by atoms with van der Waals surface area (Å²) in [5, 5.41) is 13.6. The fraction of sp³-hybridized carbons (Fsp3) is 0.188. The number of rotatable bonds is 6. The topological polar surface area (TPSA) is 72.2 Å². The van der Waals surface area contributed by atoms with Crippen LogP contribution in [0.5, 0.6) is 0 Å². The normalized spacial score (nSPS) is 11.7. The highest BCUT2D eigenvalue weighted by Gasteiger charge is 2.13. The maximum atomic E-state index is 12.0. The van der Waals surface area contributed by atoms with Crippen molar-refractivity contribution in [2.75, 3.05) is 11.1 Å². The van der Waals surface area contributed by atoms with E-state index in [1.807, 2.05) is 37.3 Å². The number of halogens is 1. The van der Waals surface area contributed by atoms with Crippen LogP contribution in [0.25, 0.3) is 0 Å². The van der Waals surface area contributed by atoms with Crippen LogP contribution in [0.1, 0.15) is 17.7 Å². The van der Waals surface area contributed by atoms with Crippen molar-refractivity contribution in [3.05, 3.63) is 68.7 Å². The third-order valence-electron chi connectivity index (χ3n) is 3.12. The lowest BCUT2D eigenvalue weighted by molar-refractivity contribution is -0.384. The van der Waals surface area contributed by atoms with Crippen molar-refractivity contribution in [3.8, 4) is 0 Å². The highest BCUT2D eigenvalue weighted by atomic mass is 79.9. The van der Waals surface area contributed by atoms with Gasteiger partial charge in [0.2, 0.25) is 5.91 Å². The predicted molar refractivity (Wildman–Crippen MR) is 96.7 cm³/mol. The molecule has 7 heteroatoms. The number of hydrogen-bond acceptors (Lipinski definition) is 4. The van der Waals surface area contributed by atoms with Gasteiger partial charge >= 0.3 is 0 Å². The number of nitro groups is 1. The molecule has 0 aliphatic heterocycles. The zero-order chi connectivity index (χ0) is 16.8. The van der Waals surface area contributed by atoms with Gasteiger partial charge in [-0.1, -0.05) is 34.1 Å². The number of nitro benzene ring substituents is 1. The number of carbonyl (C=O) groups excluding carboxylic acids is 1. The summed E-state index contributed by atoms with van der Waals surface area (Å²) in [6.45, 7) is 1.93. The molecule has 0 saturated heterocycles. The van der Waals surface area contributed by atoms with Crippen LogP contribution in [0, 0.1) is 10.1 Å². The molecule has 2 aromatic carbocycles. The summed E-state index contributed by atoms with van der Waals surface area (Å²) in [5.74, 6) is 0.168. The van der Waals surface area contributed by atoms with Crippen molar-refractivity contribution in [2.24, 2.45) is 0 Å². The van der Waals surface area contributed by atoms with Gasteiger partial charge in [-0.05, 0) is 30.7 Å². The number of carbonyl (C=O) groups is 1. The Morgan fingerprint density at radius 3 is 2.74 bits per heavy atom. The Morgan fingerprint density at radius 1 is 1.30 bits per heavy atom. The second kappa shape index (κ2) is 8.12. The highest BCUT2D eigenvalue weighted by molar-refractivity contribution is 9.10. The Morgan fingerprint density at radius 2 is 2.04 bits per heavy atom. The van der Waals surface area contributed by atoms with Gasteiger partial charge in [-0.25, -0.2) is 0 Å². The third-order valence-corrected chi connectivity index (χ3v) is 4.82. The van der Waals surface area contributed by atoms with Gasteiger partial charge in [-0.3, -0.25) is 14.9 Å². The molecule has 2 aromatic rings. The summed E-state index contributed by atoms with van der Waals surface area (Å²) in [4.78, 5) is 22.4. The van der Waals surface area contributed by atoms with Crippen LogP contribution >= 0.6 is 27.7 Å². The van der Waals surface area contributed by atoms with Crippen LogP contribution in [0.4, 0.5) is 11.4 Å². The van der Waals surface area contributed by atoms with E-state index in [1.165, 1.54) is 17.8 Å². The van der Waals surface area contributed by atoms with E-state index in [1.54, 1.807) is 12.1 Å². The van der Waals surface area contributed by atoms with Gasteiger partial charge in [-0.2, -0.15) is 0 Å². The zero-order valence-corrected chi connectivity index (χ0v) is 14.8. The second-order valence-corrected chi connectivity index (χ2v) is 7.11. The van der Waals surface area contributed by atoms with Crippen LogP contribution in [-0.2, 0) is 4.79 Å². The van der Waals surface area contributed by atoms with E-state index in [4.69, 9.17) is 0 Å². The molecule has 0 aromatic heterocycles. The summed E-state index contributed by atoms with van der Waals surface area (Å²) in [7, 11) is 0. The van der Waals surface area contributed by atoms with Gasteiger partial charge in [0.05, 0.1) is 10.7 Å². The molecular weight excluding hydrogens is 380 g/mol. The number of nitrogens with zero attached hydrogens (tertiary/aromatic N) is 1. The van der Waals surface area contributed by atoms with Crippen molar-refractivity contribution in [1.29, 1.82) is 0 Å². The van der Waals surface area contributed by atoms with Crippen LogP contribution in [0.3, 0.4) is 0 Å². The number of non-ortho nitro benzene ring substituents is 1. The number of benzene rings is 2. The minimum Gasteiger partial charge on any atom is -0.325 e. The average Bonchev–Trinajstić information content (AvgIpc) is 2.52. The molecule has 0 bridgehead atoms. The molecule has 120 valence electrons. The van der Waals surface area contributed by atoms with Gasteiger partial charge in [0.25, 0.3) is 5.69 Å². The van der Waals surface area contributed by atoms with E-state index in [9.17, 15) is 14.9 Å². The lowest BCUT2D eigenvalue weighted by Crippen LogP contribution is -2.14. The molecular formula is C16H15BrN2O3S. The number of amides is 1. The van der Waals surface area contributed by atoms with Crippen molar-refractivity contribution in [1.82, 2.24) is 0 Å². The van der Waals surface area contributed by atoms with Crippen LogP contribution < -0.4 is 5.32 Å². The van der Waals surface area contributed by atoms with Crippen LogP contribution in [-0.4, -0.2) is 16.6 Å². The van der Waals surface area contributed by atoms with Crippen molar-refractivity contribution >= 4 is 45.0 Å².